The number of nitrogens with zero attached hydrogens (tertiary/aromatic N) is 2. The van der Waals surface area contributed by atoms with E-state index in [-0.39, 0.29) is 11.9 Å². The molecule has 0 fully saturated rings. The average Bonchev–Trinajstić information content (AvgIpc) is 2.60. The summed E-state index contributed by atoms with van der Waals surface area (Å²) in [4.78, 5) is 9.02. The zero-order valence-corrected chi connectivity index (χ0v) is 14.8. The molecule has 1 aromatic heterocycles. The van der Waals surface area contributed by atoms with Crippen LogP contribution in [-0.4, -0.2) is 17.1 Å². The van der Waals surface area contributed by atoms with Crippen LogP contribution in [0.1, 0.15) is 23.1 Å². The lowest BCUT2D eigenvalue weighted by Gasteiger charge is -2.15. The highest BCUT2D eigenvalue weighted by atomic mass is 79.9. The van der Waals surface area contributed by atoms with Gasteiger partial charge in [0.15, 0.2) is 0 Å². The van der Waals surface area contributed by atoms with Gasteiger partial charge in [0.2, 0.25) is 0 Å². The molecule has 0 aliphatic rings. The standard InChI is InChI=1S/C17H15BrClN3O/c1-23-12-5-2-10(3-6-12)16(20)17-13-8-11(18)4-7-14(13)21-15(9-19)22-17/h2-8,16H,9,20H2,1H3. The second-order valence-electron chi connectivity index (χ2n) is 5.07. The minimum Gasteiger partial charge on any atom is -0.497 e. The van der Waals surface area contributed by atoms with Gasteiger partial charge < -0.3 is 10.5 Å². The molecule has 0 amide bonds. The fraction of sp³-hybridized carbons (Fsp3) is 0.176. The van der Waals surface area contributed by atoms with Crippen LogP contribution in [0.3, 0.4) is 0 Å². The number of halogens is 2. The number of aromatic nitrogens is 2. The summed E-state index contributed by atoms with van der Waals surface area (Å²) in [6, 6.07) is 13.1. The third-order valence-corrected chi connectivity index (χ3v) is 4.35. The van der Waals surface area contributed by atoms with Crippen LogP contribution in [0.2, 0.25) is 0 Å². The molecule has 3 aromatic rings. The Morgan fingerprint density at radius 1 is 1.17 bits per heavy atom. The first-order valence-corrected chi connectivity index (χ1v) is 8.36. The van der Waals surface area contributed by atoms with Crippen LogP contribution < -0.4 is 10.5 Å². The lowest BCUT2D eigenvalue weighted by atomic mass is 10.0. The van der Waals surface area contributed by atoms with Crippen molar-refractivity contribution in [1.29, 1.82) is 0 Å². The van der Waals surface area contributed by atoms with E-state index in [1.807, 2.05) is 42.5 Å². The van der Waals surface area contributed by atoms with E-state index in [4.69, 9.17) is 22.1 Å². The molecule has 1 atom stereocenters. The highest BCUT2D eigenvalue weighted by Crippen LogP contribution is 2.28. The predicted octanol–water partition coefficient (Wildman–Crippen LogP) is 4.19. The minimum atomic E-state index is -0.373. The van der Waals surface area contributed by atoms with E-state index in [1.54, 1.807) is 7.11 Å². The third kappa shape index (κ3) is 3.32. The molecule has 0 saturated heterocycles. The molecule has 23 heavy (non-hydrogen) atoms. The molecule has 0 radical (unpaired) electrons. The Balaban J connectivity index is 2.14. The van der Waals surface area contributed by atoms with Crippen LogP contribution in [-0.2, 0) is 5.88 Å². The monoisotopic (exact) mass is 391 g/mol. The van der Waals surface area contributed by atoms with E-state index in [2.05, 4.69) is 25.9 Å². The van der Waals surface area contributed by atoms with Crippen LogP contribution in [0.4, 0.5) is 0 Å². The molecule has 0 bridgehead atoms. The number of rotatable bonds is 4. The summed E-state index contributed by atoms with van der Waals surface area (Å²) in [6.45, 7) is 0. The molecule has 2 N–H and O–H groups in total. The van der Waals surface area contributed by atoms with E-state index in [1.165, 1.54) is 0 Å². The van der Waals surface area contributed by atoms with E-state index in [0.717, 1.165) is 32.4 Å². The van der Waals surface area contributed by atoms with Crippen LogP contribution in [0.5, 0.6) is 5.75 Å². The smallest absolute Gasteiger partial charge is 0.144 e. The molecule has 1 unspecified atom stereocenters. The maximum Gasteiger partial charge on any atom is 0.144 e. The van der Waals surface area contributed by atoms with Crippen molar-refractivity contribution in [2.75, 3.05) is 7.11 Å². The Morgan fingerprint density at radius 3 is 2.57 bits per heavy atom. The Morgan fingerprint density at radius 2 is 1.91 bits per heavy atom. The fourth-order valence-electron chi connectivity index (χ4n) is 2.44. The normalized spacial score (nSPS) is 12.3. The van der Waals surface area contributed by atoms with Crippen molar-refractivity contribution < 1.29 is 4.74 Å². The zero-order valence-electron chi connectivity index (χ0n) is 12.5. The summed E-state index contributed by atoms with van der Waals surface area (Å²) in [5, 5.41) is 0.913. The highest BCUT2D eigenvalue weighted by Gasteiger charge is 2.16. The first-order chi connectivity index (χ1) is 11.1. The van der Waals surface area contributed by atoms with Gasteiger partial charge in [-0.1, -0.05) is 28.1 Å². The Hall–Kier alpha value is -1.69. The molecular weight excluding hydrogens is 378 g/mol. The van der Waals surface area contributed by atoms with Gasteiger partial charge >= 0.3 is 0 Å². The molecule has 0 spiro atoms. The van der Waals surface area contributed by atoms with Crippen molar-refractivity contribution in [1.82, 2.24) is 9.97 Å². The number of nitrogens with two attached hydrogens (primary N) is 1. The first-order valence-electron chi connectivity index (χ1n) is 7.04. The SMILES string of the molecule is COc1ccc(C(N)c2nc(CCl)nc3ccc(Br)cc23)cc1. The highest BCUT2D eigenvalue weighted by molar-refractivity contribution is 9.10. The summed E-state index contributed by atoms with van der Waals surface area (Å²) in [5.74, 6) is 1.60. The zero-order chi connectivity index (χ0) is 16.4. The van der Waals surface area contributed by atoms with Gasteiger partial charge in [-0.05, 0) is 35.9 Å². The van der Waals surface area contributed by atoms with Gasteiger partial charge in [-0.3, -0.25) is 0 Å². The van der Waals surface area contributed by atoms with Gasteiger partial charge in [0.25, 0.3) is 0 Å². The molecule has 118 valence electrons. The van der Waals surface area contributed by atoms with Gasteiger partial charge in [-0.15, -0.1) is 11.6 Å². The van der Waals surface area contributed by atoms with Gasteiger partial charge in [-0.2, -0.15) is 0 Å². The minimum absolute atomic E-state index is 0.244. The summed E-state index contributed by atoms with van der Waals surface area (Å²) in [6.07, 6.45) is 0. The first kappa shape index (κ1) is 16.2. The van der Waals surface area contributed by atoms with Gasteiger partial charge in [0.05, 0.1) is 30.2 Å². The van der Waals surface area contributed by atoms with Crippen molar-refractivity contribution in [3.8, 4) is 5.75 Å². The predicted molar refractivity (Wildman–Crippen MR) is 95.8 cm³/mol. The number of fused-ring (bicyclic) bond motifs is 1. The van der Waals surface area contributed by atoms with Crippen molar-refractivity contribution >= 4 is 38.4 Å². The van der Waals surface area contributed by atoms with Crippen molar-refractivity contribution in [2.24, 2.45) is 5.73 Å². The number of methoxy groups -OCH3 is 1. The maximum absolute atomic E-state index is 6.46. The molecule has 1 heterocycles. The second kappa shape index (κ2) is 6.83. The average molecular weight is 393 g/mol. The summed E-state index contributed by atoms with van der Waals surface area (Å²) in [5.41, 5.74) is 9.00. The lowest BCUT2D eigenvalue weighted by molar-refractivity contribution is 0.414. The largest absolute Gasteiger partial charge is 0.497 e. The molecule has 6 heteroatoms. The number of hydrogen-bond donors (Lipinski definition) is 1. The molecule has 0 aliphatic heterocycles. The van der Waals surface area contributed by atoms with Crippen LogP contribution >= 0.6 is 27.5 Å². The Kier molecular flexibility index (Phi) is 4.80. The molecule has 0 saturated carbocycles. The van der Waals surface area contributed by atoms with Gasteiger partial charge in [0, 0.05) is 9.86 Å². The van der Waals surface area contributed by atoms with E-state index >= 15 is 0 Å². The Bertz CT molecular complexity index is 839. The lowest BCUT2D eigenvalue weighted by Crippen LogP contribution is -2.15. The van der Waals surface area contributed by atoms with Gasteiger partial charge in [0.1, 0.15) is 11.6 Å². The van der Waals surface area contributed by atoms with Crippen LogP contribution in [0.25, 0.3) is 10.9 Å². The summed E-state index contributed by atoms with van der Waals surface area (Å²) < 4.78 is 6.14. The topological polar surface area (TPSA) is 61.0 Å². The fourth-order valence-corrected chi connectivity index (χ4v) is 2.92. The summed E-state index contributed by atoms with van der Waals surface area (Å²) >= 11 is 9.42. The van der Waals surface area contributed by atoms with Crippen molar-refractivity contribution in [3.63, 3.8) is 0 Å². The van der Waals surface area contributed by atoms with Crippen LogP contribution in [0, 0.1) is 0 Å². The summed E-state index contributed by atoms with van der Waals surface area (Å²) in [7, 11) is 1.64. The van der Waals surface area contributed by atoms with Crippen LogP contribution in [0.15, 0.2) is 46.9 Å². The second-order valence-corrected chi connectivity index (χ2v) is 6.25. The molecule has 3 rings (SSSR count). The molecule has 0 aliphatic carbocycles. The molecule has 2 aromatic carbocycles. The van der Waals surface area contributed by atoms with Gasteiger partial charge in [-0.25, -0.2) is 9.97 Å². The van der Waals surface area contributed by atoms with Crippen molar-refractivity contribution in [3.05, 3.63) is 64.0 Å². The number of ether oxygens (including phenoxy) is 1. The quantitative estimate of drug-likeness (QED) is 0.676. The third-order valence-electron chi connectivity index (χ3n) is 3.62. The van der Waals surface area contributed by atoms with E-state index in [0.29, 0.717) is 5.82 Å². The maximum atomic E-state index is 6.46. The molecule has 4 nitrogen and oxygen atoms in total. The number of hydrogen-bond acceptors (Lipinski definition) is 4. The number of benzene rings is 2. The van der Waals surface area contributed by atoms with Crippen molar-refractivity contribution in [2.45, 2.75) is 11.9 Å². The van der Waals surface area contributed by atoms with E-state index in [9.17, 15) is 0 Å². The Labute approximate surface area is 147 Å². The van der Waals surface area contributed by atoms with E-state index < -0.39 is 0 Å². The number of alkyl halides is 1. The molecular formula is C17H15BrClN3O.